The van der Waals surface area contributed by atoms with Gasteiger partial charge in [0.2, 0.25) is 0 Å². The fourth-order valence-corrected chi connectivity index (χ4v) is 2.96. The quantitative estimate of drug-likeness (QED) is 0.223. The van der Waals surface area contributed by atoms with E-state index in [-0.39, 0.29) is 13.2 Å². The van der Waals surface area contributed by atoms with E-state index < -0.39 is 17.9 Å². The molecule has 0 unspecified atom stereocenters. The van der Waals surface area contributed by atoms with Gasteiger partial charge in [-0.1, -0.05) is 61.7 Å². The van der Waals surface area contributed by atoms with E-state index in [1.54, 1.807) is 50.2 Å². The van der Waals surface area contributed by atoms with Crippen LogP contribution in [0.3, 0.4) is 0 Å². The third kappa shape index (κ3) is 7.27. The van der Waals surface area contributed by atoms with Gasteiger partial charge in [-0.2, -0.15) is 0 Å². The largest absolute Gasteiger partial charge is 0.457 e. The van der Waals surface area contributed by atoms with Crippen molar-refractivity contribution in [1.82, 2.24) is 0 Å². The molecule has 178 valence electrons. The summed E-state index contributed by atoms with van der Waals surface area (Å²) in [5, 5.41) is 0. The van der Waals surface area contributed by atoms with Crippen LogP contribution in [0.5, 0.6) is 5.75 Å². The first-order chi connectivity index (χ1) is 16.7. The highest BCUT2D eigenvalue weighted by Gasteiger charge is 2.10. The summed E-state index contributed by atoms with van der Waals surface area (Å²) in [5.41, 5.74) is 4.63. The minimum Gasteiger partial charge on any atom is -0.457 e. The Morgan fingerprint density at radius 2 is 1.03 bits per heavy atom. The van der Waals surface area contributed by atoms with Crippen LogP contribution in [-0.4, -0.2) is 17.9 Å². The zero-order valence-corrected chi connectivity index (χ0v) is 19.7. The number of carbonyl (C=O) groups excluding carboxylic acids is 3. The van der Waals surface area contributed by atoms with Crippen molar-refractivity contribution in [1.29, 1.82) is 0 Å². The Morgan fingerprint density at radius 1 is 0.629 bits per heavy atom. The predicted octanol–water partition coefficient (Wildman–Crippen LogP) is 5.81. The van der Waals surface area contributed by atoms with Crippen LogP contribution in [0.15, 0.2) is 97.1 Å². The second-order valence-corrected chi connectivity index (χ2v) is 8.02. The molecule has 3 aromatic rings. The number of rotatable bonds is 9. The standard InChI is InChI=1S/C29H26O6/c1-19(2)27(30)33-17-21-5-9-23(10-6-21)24-11-13-25(14-12-24)29(32)35-26-15-7-22(8-16-26)18-34-28(31)20(3)4/h5-16H,1,3,17-18H2,2,4H3. The van der Waals surface area contributed by atoms with Crippen LogP contribution in [-0.2, 0) is 32.3 Å². The smallest absolute Gasteiger partial charge is 0.343 e. The highest BCUT2D eigenvalue weighted by Crippen LogP contribution is 2.22. The summed E-state index contributed by atoms with van der Waals surface area (Å²) in [7, 11) is 0. The molecule has 0 atom stereocenters. The second kappa shape index (κ2) is 11.6. The van der Waals surface area contributed by atoms with Crippen molar-refractivity contribution in [3.05, 3.63) is 114 Å². The van der Waals surface area contributed by atoms with Gasteiger partial charge in [0, 0.05) is 11.1 Å². The van der Waals surface area contributed by atoms with Gasteiger partial charge in [0.1, 0.15) is 19.0 Å². The van der Waals surface area contributed by atoms with Crippen LogP contribution in [0.4, 0.5) is 0 Å². The first kappa shape index (κ1) is 25.2. The van der Waals surface area contributed by atoms with E-state index in [1.807, 2.05) is 36.4 Å². The maximum atomic E-state index is 12.5. The van der Waals surface area contributed by atoms with Crippen LogP contribution in [0.1, 0.15) is 35.3 Å². The van der Waals surface area contributed by atoms with Crippen molar-refractivity contribution in [3.8, 4) is 16.9 Å². The van der Waals surface area contributed by atoms with Gasteiger partial charge in [-0.15, -0.1) is 0 Å². The van der Waals surface area contributed by atoms with Crippen LogP contribution in [0.25, 0.3) is 11.1 Å². The van der Waals surface area contributed by atoms with Gasteiger partial charge in [-0.25, -0.2) is 14.4 Å². The summed E-state index contributed by atoms with van der Waals surface area (Å²) >= 11 is 0. The number of esters is 3. The number of benzene rings is 3. The van der Waals surface area contributed by atoms with Gasteiger partial charge in [-0.3, -0.25) is 0 Å². The first-order valence-corrected chi connectivity index (χ1v) is 10.9. The number of hydrogen-bond acceptors (Lipinski definition) is 6. The fraction of sp³-hybridized carbons (Fsp3) is 0.138. The van der Waals surface area contributed by atoms with E-state index in [4.69, 9.17) is 14.2 Å². The Bertz CT molecular complexity index is 1240. The lowest BCUT2D eigenvalue weighted by atomic mass is 10.0. The summed E-state index contributed by atoms with van der Waals surface area (Å²) in [6, 6.07) is 21.4. The lowest BCUT2D eigenvalue weighted by molar-refractivity contribution is -0.141. The zero-order valence-electron chi connectivity index (χ0n) is 19.7. The molecule has 0 radical (unpaired) electrons. The first-order valence-electron chi connectivity index (χ1n) is 10.9. The minimum absolute atomic E-state index is 0.113. The van der Waals surface area contributed by atoms with Crippen molar-refractivity contribution in [2.45, 2.75) is 27.1 Å². The van der Waals surface area contributed by atoms with Crippen LogP contribution in [0.2, 0.25) is 0 Å². The monoisotopic (exact) mass is 470 g/mol. The molecule has 0 heterocycles. The van der Waals surface area contributed by atoms with E-state index in [0.717, 1.165) is 22.3 Å². The lowest BCUT2D eigenvalue weighted by Gasteiger charge is -2.08. The van der Waals surface area contributed by atoms with Gasteiger partial charge in [-0.05, 0) is 60.4 Å². The summed E-state index contributed by atoms with van der Waals surface area (Å²) in [6.07, 6.45) is 0. The van der Waals surface area contributed by atoms with Gasteiger partial charge in [0.15, 0.2) is 0 Å². The maximum Gasteiger partial charge on any atom is 0.343 e. The van der Waals surface area contributed by atoms with E-state index in [1.165, 1.54) is 0 Å². The normalized spacial score (nSPS) is 10.2. The van der Waals surface area contributed by atoms with Crippen molar-refractivity contribution >= 4 is 17.9 Å². The molecule has 3 aromatic carbocycles. The molecule has 0 amide bonds. The van der Waals surface area contributed by atoms with E-state index in [2.05, 4.69) is 13.2 Å². The number of carbonyl (C=O) groups is 3. The topological polar surface area (TPSA) is 78.9 Å². The van der Waals surface area contributed by atoms with Gasteiger partial charge < -0.3 is 14.2 Å². The van der Waals surface area contributed by atoms with E-state index in [0.29, 0.717) is 22.5 Å². The molecule has 0 bridgehead atoms. The Balaban J connectivity index is 1.56. The zero-order chi connectivity index (χ0) is 25.4. The summed E-state index contributed by atoms with van der Waals surface area (Å²) < 4.78 is 15.7. The number of hydrogen-bond donors (Lipinski definition) is 0. The molecule has 0 fully saturated rings. The van der Waals surface area contributed by atoms with Crippen LogP contribution >= 0.6 is 0 Å². The molecule has 3 rings (SSSR count). The van der Waals surface area contributed by atoms with Crippen LogP contribution < -0.4 is 4.74 Å². The highest BCUT2D eigenvalue weighted by molar-refractivity contribution is 5.91. The molecule has 0 saturated carbocycles. The molecule has 0 N–H and O–H groups in total. The lowest BCUT2D eigenvalue weighted by Crippen LogP contribution is -2.08. The molecule has 0 aromatic heterocycles. The third-order valence-electron chi connectivity index (χ3n) is 4.98. The molecule has 6 nitrogen and oxygen atoms in total. The summed E-state index contributed by atoms with van der Waals surface area (Å²) in [6.45, 7) is 10.6. The Labute approximate surface area is 204 Å². The van der Waals surface area contributed by atoms with Crippen LogP contribution in [0, 0.1) is 0 Å². The minimum atomic E-state index is -0.479. The molecule has 0 aliphatic rings. The SMILES string of the molecule is C=C(C)C(=O)OCc1ccc(OC(=O)c2ccc(-c3ccc(COC(=O)C(=C)C)cc3)cc2)cc1. The maximum absolute atomic E-state index is 12.5. The fourth-order valence-electron chi connectivity index (χ4n) is 2.96. The third-order valence-corrected chi connectivity index (χ3v) is 4.98. The average Bonchev–Trinajstić information content (AvgIpc) is 2.86. The van der Waals surface area contributed by atoms with Gasteiger partial charge >= 0.3 is 17.9 Å². The Kier molecular flexibility index (Phi) is 8.35. The molecular formula is C29H26O6. The average molecular weight is 471 g/mol. The molecular weight excluding hydrogens is 444 g/mol. The molecule has 0 aliphatic heterocycles. The van der Waals surface area contributed by atoms with E-state index >= 15 is 0 Å². The van der Waals surface area contributed by atoms with Crippen molar-refractivity contribution < 1.29 is 28.6 Å². The second-order valence-electron chi connectivity index (χ2n) is 8.02. The van der Waals surface area contributed by atoms with Gasteiger partial charge in [0.25, 0.3) is 0 Å². The van der Waals surface area contributed by atoms with Crippen molar-refractivity contribution in [2.75, 3.05) is 0 Å². The van der Waals surface area contributed by atoms with Gasteiger partial charge in [0.05, 0.1) is 5.56 Å². The summed E-state index contributed by atoms with van der Waals surface area (Å²) in [4.78, 5) is 35.5. The molecule has 35 heavy (non-hydrogen) atoms. The summed E-state index contributed by atoms with van der Waals surface area (Å²) in [5.74, 6) is -0.967. The molecule has 0 spiro atoms. The molecule has 6 heteroatoms. The molecule has 0 saturated heterocycles. The van der Waals surface area contributed by atoms with Crippen molar-refractivity contribution in [2.24, 2.45) is 0 Å². The predicted molar refractivity (Wildman–Crippen MR) is 132 cm³/mol. The van der Waals surface area contributed by atoms with E-state index in [9.17, 15) is 14.4 Å². The Morgan fingerprint density at radius 3 is 1.46 bits per heavy atom. The Hall–Kier alpha value is -4.45. The number of ether oxygens (including phenoxy) is 3. The molecule has 0 aliphatic carbocycles. The van der Waals surface area contributed by atoms with Crippen molar-refractivity contribution in [3.63, 3.8) is 0 Å². The highest BCUT2D eigenvalue weighted by atomic mass is 16.5.